The maximum absolute atomic E-state index is 10.9. The lowest BCUT2D eigenvalue weighted by atomic mass is 9.89. The molecule has 1 rings (SSSR count). The number of ketones is 1. The van der Waals surface area contributed by atoms with Crippen LogP contribution >= 0.6 is 0 Å². The fraction of sp³-hybridized carbons (Fsp3) is 0.875. The van der Waals surface area contributed by atoms with Gasteiger partial charge in [0.25, 0.3) is 0 Å². The number of rotatable bonds is 1. The molecule has 0 amide bonds. The van der Waals surface area contributed by atoms with Crippen molar-refractivity contribution in [3.63, 3.8) is 0 Å². The summed E-state index contributed by atoms with van der Waals surface area (Å²) in [6.45, 7) is 5.83. The fourth-order valence-electron chi connectivity index (χ4n) is 1.47. The highest BCUT2D eigenvalue weighted by Crippen LogP contribution is 2.15. The average molecular weight is 141 g/mol. The Bertz CT molecular complexity index is 133. The average Bonchev–Trinajstić information content (AvgIpc) is 1.88. The van der Waals surface area contributed by atoms with Crippen molar-refractivity contribution < 1.29 is 4.79 Å². The molecule has 1 aliphatic rings. The monoisotopic (exact) mass is 141 g/mol. The molecule has 0 aromatic heterocycles. The lowest BCUT2D eigenvalue weighted by Crippen LogP contribution is -2.37. The van der Waals surface area contributed by atoms with Crippen LogP contribution in [0.2, 0.25) is 0 Å². The van der Waals surface area contributed by atoms with E-state index in [2.05, 4.69) is 12.2 Å². The van der Waals surface area contributed by atoms with Crippen molar-refractivity contribution in [2.45, 2.75) is 20.3 Å². The smallest absolute Gasteiger partial charge is 0.134 e. The van der Waals surface area contributed by atoms with Crippen molar-refractivity contribution in [2.24, 2.45) is 11.8 Å². The van der Waals surface area contributed by atoms with Crippen LogP contribution in [0.4, 0.5) is 0 Å². The van der Waals surface area contributed by atoms with Crippen LogP contribution in [0, 0.1) is 11.8 Å². The van der Waals surface area contributed by atoms with E-state index in [9.17, 15) is 4.79 Å². The minimum absolute atomic E-state index is 0.281. The van der Waals surface area contributed by atoms with Gasteiger partial charge in [0.2, 0.25) is 0 Å². The molecule has 2 unspecified atom stereocenters. The quantitative estimate of drug-likeness (QED) is 0.585. The second kappa shape index (κ2) is 3.15. The van der Waals surface area contributed by atoms with E-state index >= 15 is 0 Å². The highest BCUT2D eigenvalue weighted by Gasteiger charge is 2.21. The lowest BCUT2D eigenvalue weighted by Gasteiger charge is -2.25. The molecule has 1 fully saturated rings. The van der Waals surface area contributed by atoms with Crippen molar-refractivity contribution in [2.75, 3.05) is 13.1 Å². The van der Waals surface area contributed by atoms with Crippen molar-refractivity contribution in [1.29, 1.82) is 0 Å². The van der Waals surface area contributed by atoms with Crippen molar-refractivity contribution >= 4 is 5.78 Å². The Hall–Kier alpha value is -0.370. The Labute approximate surface area is 62.0 Å². The van der Waals surface area contributed by atoms with Crippen LogP contribution in [0.3, 0.4) is 0 Å². The van der Waals surface area contributed by atoms with Gasteiger partial charge in [-0.1, -0.05) is 6.92 Å². The summed E-state index contributed by atoms with van der Waals surface area (Å²) in [6, 6.07) is 0. The van der Waals surface area contributed by atoms with Crippen molar-refractivity contribution in [3.8, 4) is 0 Å². The summed E-state index contributed by atoms with van der Waals surface area (Å²) in [4.78, 5) is 10.9. The van der Waals surface area contributed by atoms with Gasteiger partial charge >= 0.3 is 0 Å². The number of carbonyl (C=O) groups excluding carboxylic acids is 1. The molecule has 2 nitrogen and oxygen atoms in total. The van der Waals surface area contributed by atoms with Crippen LogP contribution in [0.1, 0.15) is 20.3 Å². The summed E-state index contributed by atoms with van der Waals surface area (Å²) in [5, 5.41) is 3.25. The third-order valence-corrected chi connectivity index (χ3v) is 2.15. The molecule has 0 spiro atoms. The van der Waals surface area contributed by atoms with E-state index < -0.39 is 0 Å². The Morgan fingerprint density at radius 2 is 2.20 bits per heavy atom. The summed E-state index contributed by atoms with van der Waals surface area (Å²) in [5.74, 6) is 1.28. The molecule has 2 atom stereocenters. The molecular formula is C8H15NO. The molecule has 0 aliphatic carbocycles. The number of piperidine rings is 1. The van der Waals surface area contributed by atoms with Gasteiger partial charge in [-0.05, 0) is 25.8 Å². The van der Waals surface area contributed by atoms with Crippen LogP contribution in [0.5, 0.6) is 0 Å². The number of hydrogen-bond donors (Lipinski definition) is 1. The lowest BCUT2D eigenvalue weighted by molar-refractivity contribution is -0.121. The molecule has 0 aromatic carbocycles. The van der Waals surface area contributed by atoms with E-state index in [0.29, 0.717) is 11.7 Å². The predicted molar refractivity (Wildman–Crippen MR) is 40.8 cm³/mol. The fourth-order valence-corrected chi connectivity index (χ4v) is 1.47. The minimum atomic E-state index is 0.281. The van der Waals surface area contributed by atoms with E-state index in [-0.39, 0.29) is 5.92 Å². The molecule has 0 bridgehead atoms. The Morgan fingerprint density at radius 3 is 2.60 bits per heavy atom. The normalized spacial score (nSPS) is 33.8. The van der Waals surface area contributed by atoms with E-state index in [1.165, 1.54) is 0 Å². The molecule has 1 saturated heterocycles. The molecule has 10 heavy (non-hydrogen) atoms. The summed E-state index contributed by atoms with van der Waals surface area (Å²) in [5.41, 5.74) is 0. The van der Waals surface area contributed by atoms with Crippen LogP contribution in [-0.4, -0.2) is 18.9 Å². The van der Waals surface area contributed by atoms with Gasteiger partial charge in [0.15, 0.2) is 0 Å². The zero-order chi connectivity index (χ0) is 7.56. The van der Waals surface area contributed by atoms with Crippen molar-refractivity contribution in [1.82, 2.24) is 5.32 Å². The third kappa shape index (κ3) is 1.81. The molecular weight excluding hydrogens is 126 g/mol. The van der Waals surface area contributed by atoms with Gasteiger partial charge in [0.05, 0.1) is 0 Å². The third-order valence-electron chi connectivity index (χ3n) is 2.15. The summed E-state index contributed by atoms with van der Waals surface area (Å²) in [7, 11) is 0. The van der Waals surface area contributed by atoms with Gasteiger partial charge in [0, 0.05) is 12.5 Å². The summed E-state index contributed by atoms with van der Waals surface area (Å²) in [6.07, 6.45) is 1.07. The first-order valence-corrected chi connectivity index (χ1v) is 3.91. The molecule has 1 N–H and O–H groups in total. The Balaban J connectivity index is 2.39. The van der Waals surface area contributed by atoms with Crippen molar-refractivity contribution in [3.05, 3.63) is 0 Å². The highest BCUT2D eigenvalue weighted by molar-refractivity contribution is 5.78. The van der Waals surface area contributed by atoms with Crippen LogP contribution in [0.25, 0.3) is 0 Å². The SMILES string of the molecule is CC(=O)C1CNCC(C)C1. The van der Waals surface area contributed by atoms with Crippen LogP contribution < -0.4 is 5.32 Å². The zero-order valence-corrected chi connectivity index (χ0v) is 6.68. The van der Waals surface area contributed by atoms with Gasteiger partial charge in [-0.15, -0.1) is 0 Å². The minimum Gasteiger partial charge on any atom is -0.316 e. The van der Waals surface area contributed by atoms with Gasteiger partial charge in [-0.25, -0.2) is 0 Å². The summed E-state index contributed by atoms with van der Waals surface area (Å²) < 4.78 is 0. The number of Topliss-reactive ketones (excluding diaryl/α,β-unsaturated/α-hetero) is 1. The molecule has 1 aliphatic heterocycles. The number of nitrogens with one attached hydrogen (secondary N) is 1. The first-order chi connectivity index (χ1) is 4.70. The zero-order valence-electron chi connectivity index (χ0n) is 6.68. The maximum atomic E-state index is 10.9. The predicted octanol–water partition coefficient (Wildman–Crippen LogP) is 0.821. The first kappa shape index (κ1) is 7.73. The number of hydrogen-bond acceptors (Lipinski definition) is 2. The largest absolute Gasteiger partial charge is 0.316 e. The molecule has 1 heterocycles. The maximum Gasteiger partial charge on any atom is 0.134 e. The van der Waals surface area contributed by atoms with Gasteiger partial charge in [-0.2, -0.15) is 0 Å². The van der Waals surface area contributed by atoms with E-state index in [4.69, 9.17) is 0 Å². The molecule has 0 saturated carbocycles. The van der Waals surface area contributed by atoms with Gasteiger partial charge in [-0.3, -0.25) is 4.79 Å². The van der Waals surface area contributed by atoms with Crippen LogP contribution in [0.15, 0.2) is 0 Å². The molecule has 0 radical (unpaired) electrons. The molecule has 0 aromatic rings. The van der Waals surface area contributed by atoms with E-state index in [1.54, 1.807) is 6.92 Å². The Morgan fingerprint density at radius 1 is 1.50 bits per heavy atom. The van der Waals surface area contributed by atoms with Gasteiger partial charge < -0.3 is 5.32 Å². The topological polar surface area (TPSA) is 29.1 Å². The summed E-state index contributed by atoms with van der Waals surface area (Å²) >= 11 is 0. The van der Waals surface area contributed by atoms with E-state index in [1.807, 2.05) is 0 Å². The highest BCUT2D eigenvalue weighted by atomic mass is 16.1. The van der Waals surface area contributed by atoms with Crippen LogP contribution in [-0.2, 0) is 4.79 Å². The Kier molecular flexibility index (Phi) is 2.44. The second-order valence-electron chi connectivity index (χ2n) is 3.31. The molecule has 58 valence electrons. The number of carbonyl (C=O) groups is 1. The second-order valence-corrected chi connectivity index (χ2v) is 3.31. The molecule has 2 heteroatoms. The first-order valence-electron chi connectivity index (χ1n) is 3.91. The van der Waals surface area contributed by atoms with Gasteiger partial charge in [0.1, 0.15) is 5.78 Å². The van der Waals surface area contributed by atoms with E-state index in [0.717, 1.165) is 19.5 Å². The standard InChI is InChI=1S/C8H15NO/c1-6-3-8(7(2)10)5-9-4-6/h6,8-9H,3-5H2,1-2H3.